The highest BCUT2D eigenvalue weighted by atomic mass is 16.6. The molecule has 0 saturated carbocycles. The molecule has 1 aromatic carbocycles. The molecule has 1 aromatic rings. The molecule has 1 aliphatic heterocycles. The van der Waals surface area contributed by atoms with Gasteiger partial charge in [0.25, 0.3) is 5.69 Å². The number of hydrogen-bond acceptors (Lipinski definition) is 4. The second-order valence-electron chi connectivity index (χ2n) is 5.25. The Balaban J connectivity index is 2.11. The van der Waals surface area contributed by atoms with E-state index >= 15 is 0 Å². The Hall–Kier alpha value is -1.95. The predicted octanol–water partition coefficient (Wildman–Crippen LogP) is 1.51. The molecule has 1 amide bonds. The molecule has 2 rings (SSSR count). The highest BCUT2D eigenvalue weighted by molar-refractivity contribution is 5.83. The van der Waals surface area contributed by atoms with Crippen LogP contribution in [0.15, 0.2) is 24.3 Å². The number of amides is 1. The van der Waals surface area contributed by atoms with Gasteiger partial charge in [-0.1, -0.05) is 12.1 Å². The molecule has 1 saturated heterocycles. The van der Waals surface area contributed by atoms with Gasteiger partial charge in [0.1, 0.15) is 0 Å². The Labute approximate surface area is 117 Å². The second kappa shape index (κ2) is 6.00. The largest absolute Gasteiger partial charge is 0.342 e. The van der Waals surface area contributed by atoms with E-state index in [4.69, 9.17) is 5.73 Å². The molecule has 0 radical (unpaired) electrons. The van der Waals surface area contributed by atoms with E-state index in [2.05, 4.69) is 0 Å². The van der Waals surface area contributed by atoms with Crippen LogP contribution < -0.4 is 5.73 Å². The van der Waals surface area contributed by atoms with E-state index in [9.17, 15) is 14.9 Å². The summed E-state index contributed by atoms with van der Waals surface area (Å²) in [5.41, 5.74) is 6.32. The van der Waals surface area contributed by atoms with Crippen molar-refractivity contribution in [3.05, 3.63) is 39.9 Å². The lowest BCUT2D eigenvalue weighted by Crippen LogP contribution is -2.33. The first-order chi connectivity index (χ1) is 9.52. The van der Waals surface area contributed by atoms with E-state index in [0.29, 0.717) is 24.6 Å². The summed E-state index contributed by atoms with van der Waals surface area (Å²) in [6.45, 7) is 3.79. The summed E-state index contributed by atoms with van der Waals surface area (Å²) in [5, 5.41) is 10.8. The fourth-order valence-electron chi connectivity index (χ4n) is 2.55. The van der Waals surface area contributed by atoms with Crippen molar-refractivity contribution in [2.24, 2.45) is 11.7 Å². The maximum atomic E-state index is 12.4. The highest BCUT2D eigenvalue weighted by Crippen LogP contribution is 2.25. The van der Waals surface area contributed by atoms with Gasteiger partial charge >= 0.3 is 0 Å². The molecule has 0 spiro atoms. The number of likely N-dealkylation sites (tertiary alicyclic amines) is 1. The van der Waals surface area contributed by atoms with Crippen molar-refractivity contribution >= 4 is 11.6 Å². The molecule has 2 unspecified atom stereocenters. The van der Waals surface area contributed by atoms with E-state index in [1.807, 2.05) is 0 Å². The Bertz CT molecular complexity index is 518. The normalized spacial score (nSPS) is 19.9. The number of benzene rings is 1. The van der Waals surface area contributed by atoms with Crippen LogP contribution in [0.25, 0.3) is 0 Å². The van der Waals surface area contributed by atoms with Crippen LogP contribution in [0.5, 0.6) is 0 Å². The summed E-state index contributed by atoms with van der Waals surface area (Å²) in [6, 6.07) is 6.27. The molecule has 0 bridgehead atoms. The third-order valence-corrected chi connectivity index (χ3v) is 3.88. The van der Waals surface area contributed by atoms with Crippen LogP contribution >= 0.6 is 0 Å². The maximum absolute atomic E-state index is 12.4. The van der Waals surface area contributed by atoms with Crippen LogP contribution in [0.3, 0.4) is 0 Å². The van der Waals surface area contributed by atoms with Crippen LogP contribution in [-0.2, 0) is 4.79 Å². The van der Waals surface area contributed by atoms with Gasteiger partial charge in [0.2, 0.25) is 5.91 Å². The van der Waals surface area contributed by atoms with Crippen LogP contribution in [0, 0.1) is 16.0 Å². The SMILES string of the molecule is CC(C(=O)N1CCC(CN)C1)c1cccc([N+](=O)[O-])c1. The Morgan fingerprint density at radius 1 is 1.60 bits per heavy atom. The van der Waals surface area contributed by atoms with Gasteiger partial charge in [-0.05, 0) is 31.4 Å². The number of nitrogens with zero attached hydrogens (tertiary/aromatic N) is 2. The van der Waals surface area contributed by atoms with E-state index in [0.717, 1.165) is 13.0 Å². The van der Waals surface area contributed by atoms with Crippen LogP contribution in [0.4, 0.5) is 5.69 Å². The molecule has 6 heteroatoms. The Morgan fingerprint density at radius 2 is 2.35 bits per heavy atom. The standard InChI is InChI=1S/C14H19N3O3/c1-10(12-3-2-4-13(7-12)17(19)20)14(18)16-6-5-11(8-15)9-16/h2-4,7,10-11H,5-6,8-9,15H2,1H3. The number of carbonyl (C=O) groups excluding carboxylic acids is 1. The van der Waals surface area contributed by atoms with Gasteiger partial charge in [-0.3, -0.25) is 14.9 Å². The zero-order valence-electron chi connectivity index (χ0n) is 11.5. The minimum absolute atomic E-state index is 0.0152. The van der Waals surface area contributed by atoms with E-state index in [1.54, 1.807) is 24.0 Å². The zero-order chi connectivity index (χ0) is 14.7. The summed E-state index contributed by atoms with van der Waals surface area (Å²) < 4.78 is 0. The molecule has 108 valence electrons. The van der Waals surface area contributed by atoms with Crippen molar-refractivity contribution in [2.45, 2.75) is 19.3 Å². The molecule has 1 aliphatic rings. The fourth-order valence-corrected chi connectivity index (χ4v) is 2.55. The first-order valence-electron chi connectivity index (χ1n) is 6.76. The Morgan fingerprint density at radius 3 is 2.95 bits per heavy atom. The molecule has 1 heterocycles. The van der Waals surface area contributed by atoms with Gasteiger partial charge in [-0.25, -0.2) is 0 Å². The first kappa shape index (κ1) is 14.5. The predicted molar refractivity (Wildman–Crippen MR) is 75.3 cm³/mol. The van der Waals surface area contributed by atoms with Crippen molar-refractivity contribution in [1.29, 1.82) is 0 Å². The van der Waals surface area contributed by atoms with E-state index < -0.39 is 4.92 Å². The average Bonchev–Trinajstić information content (AvgIpc) is 2.94. The Kier molecular flexibility index (Phi) is 4.34. The maximum Gasteiger partial charge on any atom is 0.269 e. The molecular weight excluding hydrogens is 258 g/mol. The van der Waals surface area contributed by atoms with Crippen molar-refractivity contribution in [2.75, 3.05) is 19.6 Å². The number of nitrogens with two attached hydrogens (primary N) is 1. The molecule has 6 nitrogen and oxygen atoms in total. The van der Waals surface area contributed by atoms with Gasteiger partial charge in [0.15, 0.2) is 0 Å². The smallest absolute Gasteiger partial charge is 0.269 e. The lowest BCUT2D eigenvalue weighted by molar-refractivity contribution is -0.384. The van der Waals surface area contributed by atoms with Gasteiger partial charge < -0.3 is 10.6 Å². The van der Waals surface area contributed by atoms with E-state index in [1.165, 1.54) is 12.1 Å². The molecule has 0 aliphatic carbocycles. The van der Waals surface area contributed by atoms with Crippen molar-refractivity contribution in [1.82, 2.24) is 4.90 Å². The molecule has 0 aromatic heterocycles. The summed E-state index contributed by atoms with van der Waals surface area (Å²) in [5.74, 6) is 0.0177. The summed E-state index contributed by atoms with van der Waals surface area (Å²) in [4.78, 5) is 24.5. The number of nitro groups is 1. The van der Waals surface area contributed by atoms with Crippen molar-refractivity contribution < 1.29 is 9.72 Å². The molecule has 1 fully saturated rings. The van der Waals surface area contributed by atoms with Gasteiger partial charge in [-0.15, -0.1) is 0 Å². The minimum Gasteiger partial charge on any atom is -0.342 e. The van der Waals surface area contributed by atoms with Crippen molar-refractivity contribution in [3.8, 4) is 0 Å². The van der Waals surface area contributed by atoms with Gasteiger partial charge in [0, 0.05) is 25.2 Å². The zero-order valence-corrected chi connectivity index (χ0v) is 11.5. The summed E-state index contributed by atoms with van der Waals surface area (Å²) in [7, 11) is 0. The first-order valence-corrected chi connectivity index (χ1v) is 6.76. The number of nitro benzene ring substituents is 1. The number of carbonyl (C=O) groups is 1. The molecule has 2 N–H and O–H groups in total. The van der Waals surface area contributed by atoms with E-state index in [-0.39, 0.29) is 17.5 Å². The fraction of sp³-hybridized carbons (Fsp3) is 0.500. The third kappa shape index (κ3) is 2.96. The molecular formula is C14H19N3O3. The second-order valence-corrected chi connectivity index (χ2v) is 5.25. The van der Waals surface area contributed by atoms with Crippen LogP contribution in [0.1, 0.15) is 24.8 Å². The third-order valence-electron chi connectivity index (χ3n) is 3.88. The minimum atomic E-state index is -0.443. The summed E-state index contributed by atoms with van der Waals surface area (Å²) >= 11 is 0. The summed E-state index contributed by atoms with van der Waals surface area (Å²) in [6.07, 6.45) is 0.934. The lowest BCUT2D eigenvalue weighted by Gasteiger charge is -2.21. The quantitative estimate of drug-likeness (QED) is 0.667. The average molecular weight is 277 g/mol. The highest BCUT2D eigenvalue weighted by Gasteiger charge is 2.29. The number of hydrogen-bond donors (Lipinski definition) is 1. The molecule has 20 heavy (non-hydrogen) atoms. The van der Waals surface area contributed by atoms with Crippen molar-refractivity contribution in [3.63, 3.8) is 0 Å². The lowest BCUT2D eigenvalue weighted by atomic mass is 9.99. The topological polar surface area (TPSA) is 89.5 Å². The monoisotopic (exact) mass is 277 g/mol. The van der Waals surface area contributed by atoms with Gasteiger partial charge in [0.05, 0.1) is 10.8 Å². The van der Waals surface area contributed by atoms with Gasteiger partial charge in [-0.2, -0.15) is 0 Å². The van der Waals surface area contributed by atoms with Crippen LogP contribution in [-0.4, -0.2) is 35.4 Å². The number of rotatable bonds is 4. The number of non-ortho nitro benzene ring substituents is 1. The van der Waals surface area contributed by atoms with Crippen LogP contribution in [0.2, 0.25) is 0 Å². The molecule has 2 atom stereocenters.